The van der Waals surface area contributed by atoms with Gasteiger partial charge in [-0.25, -0.2) is 0 Å². The van der Waals surface area contributed by atoms with E-state index < -0.39 is 0 Å². The number of methoxy groups -OCH3 is 1. The molecule has 0 saturated carbocycles. The normalized spacial score (nSPS) is 10.6. The number of ether oxygens (including phenoxy) is 2. The molecule has 0 heterocycles. The molecule has 1 N–H and O–H groups in total. The van der Waals surface area contributed by atoms with Gasteiger partial charge in [-0.2, -0.15) is 0 Å². The standard InChI is InChI=1S/C22H23NO3/c1-15-5-4-6-16(2)22(15)26-14-21(24)23-13-17-7-8-19-12-20(25-3)10-9-18(19)11-17/h4-12H,13-14H2,1-3H3,(H,23,24). The van der Waals surface area contributed by atoms with E-state index in [1.807, 2.05) is 62.4 Å². The van der Waals surface area contributed by atoms with Gasteiger partial charge in [0.25, 0.3) is 5.91 Å². The molecule has 3 rings (SSSR count). The summed E-state index contributed by atoms with van der Waals surface area (Å²) in [6.45, 7) is 4.43. The van der Waals surface area contributed by atoms with Crippen molar-refractivity contribution >= 4 is 16.7 Å². The highest BCUT2D eigenvalue weighted by Gasteiger charge is 2.07. The minimum absolute atomic E-state index is 0.0104. The number of hydrogen-bond acceptors (Lipinski definition) is 3. The van der Waals surface area contributed by atoms with Crippen LogP contribution in [0.25, 0.3) is 10.8 Å². The minimum Gasteiger partial charge on any atom is -0.497 e. The first-order valence-electron chi connectivity index (χ1n) is 8.59. The van der Waals surface area contributed by atoms with E-state index in [0.717, 1.165) is 39.0 Å². The summed E-state index contributed by atoms with van der Waals surface area (Å²) in [5.41, 5.74) is 3.11. The first kappa shape index (κ1) is 17.8. The molecular weight excluding hydrogens is 326 g/mol. The summed E-state index contributed by atoms with van der Waals surface area (Å²) in [4.78, 5) is 12.1. The molecule has 0 saturated heterocycles. The fraction of sp³-hybridized carbons (Fsp3) is 0.227. The maximum absolute atomic E-state index is 12.1. The van der Waals surface area contributed by atoms with Gasteiger partial charge in [-0.15, -0.1) is 0 Å². The van der Waals surface area contributed by atoms with Crippen LogP contribution in [0.5, 0.6) is 11.5 Å². The van der Waals surface area contributed by atoms with Gasteiger partial charge in [-0.05, 0) is 59.5 Å². The van der Waals surface area contributed by atoms with Crippen LogP contribution in [-0.4, -0.2) is 19.6 Å². The Morgan fingerprint density at radius 1 is 0.962 bits per heavy atom. The lowest BCUT2D eigenvalue weighted by Gasteiger charge is -2.12. The van der Waals surface area contributed by atoms with E-state index in [2.05, 4.69) is 11.4 Å². The summed E-state index contributed by atoms with van der Waals surface area (Å²) in [5, 5.41) is 5.13. The molecule has 0 spiro atoms. The van der Waals surface area contributed by atoms with Crippen LogP contribution < -0.4 is 14.8 Å². The largest absolute Gasteiger partial charge is 0.497 e. The maximum atomic E-state index is 12.1. The zero-order chi connectivity index (χ0) is 18.5. The molecule has 0 aliphatic heterocycles. The lowest BCUT2D eigenvalue weighted by Crippen LogP contribution is -2.28. The Morgan fingerprint density at radius 3 is 2.38 bits per heavy atom. The van der Waals surface area contributed by atoms with Crippen LogP contribution in [0.2, 0.25) is 0 Å². The fourth-order valence-corrected chi connectivity index (χ4v) is 2.93. The van der Waals surface area contributed by atoms with Crippen molar-refractivity contribution in [2.75, 3.05) is 13.7 Å². The Hall–Kier alpha value is -3.01. The number of rotatable bonds is 6. The number of amides is 1. The van der Waals surface area contributed by atoms with Crippen molar-refractivity contribution in [3.05, 3.63) is 71.3 Å². The number of fused-ring (bicyclic) bond motifs is 1. The van der Waals surface area contributed by atoms with Gasteiger partial charge < -0.3 is 14.8 Å². The lowest BCUT2D eigenvalue weighted by molar-refractivity contribution is -0.123. The number of hydrogen-bond donors (Lipinski definition) is 1. The van der Waals surface area contributed by atoms with Crippen LogP contribution in [0.1, 0.15) is 16.7 Å². The first-order chi connectivity index (χ1) is 12.6. The molecule has 0 aromatic heterocycles. The van der Waals surface area contributed by atoms with Gasteiger partial charge in [0.1, 0.15) is 11.5 Å². The molecule has 0 unspecified atom stereocenters. The Bertz CT molecular complexity index is 914. The van der Waals surface area contributed by atoms with Gasteiger partial charge in [0.05, 0.1) is 7.11 Å². The molecule has 4 heteroatoms. The van der Waals surface area contributed by atoms with Crippen molar-refractivity contribution in [2.24, 2.45) is 0 Å². The van der Waals surface area contributed by atoms with Crippen molar-refractivity contribution in [3.8, 4) is 11.5 Å². The molecular formula is C22H23NO3. The summed E-state index contributed by atoms with van der Waals surface area (Å²) < 4.78 is 10.9. The van der Waals surface area contributed by atoms with Crippen LogP contribution in [-0.2, 0) is 11.3 Å². The number of carbonyl (C=O) groups excluding carboxylic acids is 1. The highest BCUT2D eigenvalue weighted by atomic mass is 16.5. The zero-order valence-corrected chi connectivity index (χ0v) is 15.3. The summed E-state index contributed by atoms with van der Waals surface area (Å²) in [6, 6.07) is 18.0. The molecule has 4 nitrogen and oxygen atoms in total. The summed E-state index contributed by atoms with van der Waals surface area (Å²) >= 11 is 0. The predicted octanol–water partition coefficient (Wildman–Crippen LogP) is 4.16. The monoisotopic (exact) mass is 349 g/mol. The second kappa shape index (κ2) is 7.91. The molecule has 0 radical (unpaired) electrons. The molecule has 0 aliphatic carbocycles. The van der Waals surface area contributed by atoms with Crippen molar-refractivity contribution in [1.82, 2.24) is 5.32 Å². The summed E-state index contributed by atoms with van der Waals surface area (Å²) in [7, 11) is 1.66. The topological polar surface area (TPSA) is 47.6 Å². The van der Waals surface area contributed by atoms with Crippen molar-refractivity contribution in [1.29, 1.82) is 0 Å². The molecule has 0 fully saturated rings. The number of carbonyl (C=O) groups is 1. The van der Waals surface area contributed by atoms with Gasteiger partial charge in [0, 0.05) is 6.54 Å². The summed E-state index contributed by atoms with van der Waals surface area (Å²) in [5.74, 6) is 1.48. The molecule has 0 bridgehead atoms. The average molecular weight is 349 g/mol. The molecule has 1 amide bonds. The average Bonchev–Trinajstić information content (AvgIpc) is 2.65. The Kier molecular flexibility index (Phi) is 5.42. The van der Waals surface area contributed by atoms with E-state index >= 15 is 0 Å². The number of nitrogens with one attached hydrogen (secondary N) is 1. The zero-order valence-electron chi connectivity index (χ0n) is 15.3. The van der Waals surface area contributed by atoms with Crippen LogP contribution in [0.4, 0.5) is 0 Å². The maximum Gasteiger partial charge on any atom is 0.258 e. The van der Waals surface area contributed by atoms with Gasteiger partial charge in [0.15, 0.2) is 6.61 Å². The molecule has 0 aliphatic rings. The van der Waals surface area contributed by atoms with E-state index in [0.29, 0.717) is 6.54 Å². The third kappa shape index (κ3) is 4.14. The fourth-order valence-electron chi connectivity index (χ4n) is 2.93. The van der Waals surface area contributed by atoms with E-state index in [9.17, 15) is 4.79 Å². The molecule has 3 aromatic rings. The molecule has 0 atom stereocenters. The third-order valence-electron chi connectivity index (χ3n) is 4.36. The van der Waals surface area contributed by atoms with Crippen molar-refractivity contribution < 1.29 is 14.3 Å². The molecule has 26 heavy (non-hydrogen) atoms. The third-order valence-corrected chi connectivity index (χ3v) is 4.36. The minimum atomic E-state index is -0.137. The number of aryl methyl sites for hydroxylation is 2. The van der Waals surface area contributed by atoms with Crippen molar-refractivity contribution in [3.63, 3.8) is 0 Å². The number of para-hydroxylation sites is 1. The Balaban J connectivity index is 1.58. The Labute approximate surface area is 153 Å². The van der Waals surface area contributed by atoms with Gasteiger partial charge in [-0.3, -0.25) is 4.79 Å². The smallest absolute Gasteiger partial charge is 0.258 e. The van der Waals surface area contributed by atoms with E-state index in [1.54, 1.807) is 7.11 Å². The van der Waals surface area contributed by atoms with Crippen LogP contribution >= 0.6 is 0 Å². The highest BCUT2D eigenvalue weighted by molar-refractivity contribution is 5.84. The van der Waals surface area contributed by atoms with E-state index in [-0.39, 0.29) is 12.5 Å². The van der Waals surface area contributed by atoms with Gasteiger partial charge in [0.2, 0.25) is 0 Å². The van der Waals surface area contributed by atoms with E-state index in [1.165, 1.54) is 0 Å². The lowest BCUT2D eigenvalue weighted by atomic mass is 10.1. The van der Waals surface area contributed by atoms with Crippen LogP contribution in [0.3, 0.4) is 0 Å². The molecule has 3 aromatic carbocycles. The highest BCUT2D eigenvalue weighted by Crippen LogP contribution is 2.23. The number of benzene rings is 3. The quantitative estimate of drug-likeness (QED) is 0.727. The van der Waals surface area contributed by atoms with E-state index in [4.69, 9.17) is 9.47 Å². The van der Waals surface area contributed by atoms with Crippen LogP contribution in [0, 0.1) is 13.8 Å². The SMILES string of the molecule is COc1ccc2cc(CNC(=O)COc3c(C)cccc3C)ccc2c1. The van der Waals surface area contributed by atoms with Gasteiger partial charge >= 0.3 is 0 Å². The Morgan fingerprint density at radius 2 is 1.65 bits per heavy atom. The van der Waals surface area contributed by atoms with Crippen LogP contribution in [0.15, 0.2) is 54.6 Å². The van der Waals surface area contributed by atoms with Gasteiger partial charge in [-0.1, -0.05) is 36.4 Å². The first-order valence-corrected chi connectivity index (χ1v) is 8.59. The predicted molar refractivity (Wildman–Crippen MR) is 104 cm³/mol. The van der Waals surface area contributed by atoms with Crippen molar-refractivity contribution in [2.45, 2.75) is 20.4 Å². The molecule has 134 valence electrons. The summed E-state index contributed by atoms with van der Waals surface area (Å²) in [6.07, 6.45) is 0. The second-order valence-electron chi connectivity index (χ2n) is 6.33. The second-order valence-corrected chi connectivity index (χ2v) is 6.33.